The maximum atomic E-state index is 11.8. The molecular formula is C18H17N3O3S. The Labute approximate surface area is 149 Å². The second-order valence-corrected chi connectivity index (χ2v) is 5.96. The molecule has 0 aliphatic carbocycles. The number of aromatic nitrogens is 1. The Morgan fingerprint density at radius 2 is 2.08 bits per heavy atom. The summed E-state index contributed by atoms with van der Waals surface area (Å²) in [5, 5.41) is 4.41. The zero-order chi connectivity index (χ0) is 17.5. The number of fused-ring (bicyclic) bond motifs is 1. The Hall–Kier alpha value is -2.80. The molecule has 0 radical (unpaired) electrons. The van der Waals surface area contributed by atoms with Crippen LogP contribution < -0.4 is 10.2 Å². The molecule has 1 amide bonds. The van der Waals surface area contributed by atoms with Gasteiger partial charge in [0.2, 0.25) is 0 Å². The van der Waals surface area contributed by atoms with Crippen LogP contribution >= 0.6 is 11.8 Å². The summed E-state index contributed by atoms with van der Waals surface area (Å²) >= 11 is 1.23. The van der Waals surface area contributed by atoms with Crippen molar-refractivity contribution in [2.24, 2.45) is 5.10 Å². The first-order valence-electron chi connectivity index (χ1n) is 7.78. The molecule has 3 rings (SSSR count). The van der Waals surface area contributed by atoms with Gasteiger partial charge in [0.05, 0.1) is 18.6 Å². The Morgan fingerprint density at radius 3 is 2.84 bits per heavy atom. The van der Waals surface area contributed by atoms with E-state index in [0.29, 0.717) is 17.4 Å². The third-order valence-corrected chi connectivity index (χ3v) is 4.02. The lowest BCUT2D eigenvalue weighted by Crippen LogP contribution is -2.19. The van der Waals surface area contributed by atoms with Crippen molar-refractivity contribution in [1.82, 2.24) is 10.4 Å². The number of nitrogens with zero attached hydrogens (tertiary/aromatic N) is 2. The van der Waals surface area contributed by atoms with Crippen molar-refractivity contribution >= 4 is 35.0 Å². The first-order chi connectivity index (χ1) is 12.2. The average Bonchev–Trinajstić information content (AvgIpc) is 3.05. The highest BCUT2D eigenvalue weighted by atomic mass is 32.2. The third-order valence-electron chi connectivity index (χ3n) is 3.19. The molecule has 1 N–H and O–H groups in total. The molecule has 0 atom stereocenters. The number of oxazole rings is 1. The van der Waals surface area contributed by atoms with Gasteiger partial charge in [-0.05, 0) is 48.9 Å². The van der Waals surface area contributed by atoms with E-state index in [4.69, 9.17) is 9.15 Å². The van der Waals surface area contributed by atoms with E-state index >= 15 is 0 Å². The van der Waals surface area contributed by atoms with Gasteiger partial charge in [0.25, 0.3) is 11.1 Å². The molecule has 0 aliphatic rings. The lowest BCUT2D eigenvalue weighted by molar-refractivity contribution is -0.118. The number of hydrazone groups is 1. The molecule has 1 heterocycles. The summed E-state index contributed by atoms with van der Waals surface area (Å²) < 4.78 is 10.9. The van der Waals surface area contributed by atoms with Gasteiger partial charge in [0, 0.05) is 0 Å². The third kappa shape index (κ3) is 4.84. The van der Waals surface area contributed by atoms with Crippen molar-refractivity contribution < 1.29 is 13.9 Å². The molecule has 1 aromatic heterocycles. The summed E-state index contributed by atoms with van der Waals surface area (Å²) in [5.74, 6) is 0.751. The summed E-state index contributed by atoms with van der Waals surface area (Å²) in [7, 11) is 0. The standard InChI is InChI=1S/C18H17N3O3S/c1-2-23-14-9-7-13(8-10-14)11-19-21-17(22)12-25-18-20-15-5-3-4-6-16(15)24-18/h3-11H,2,12H2,1H3,(H,21,22)/b19-11-. The van der Waals surface area contributed by atoms with Crippen LogP contribution in [0.5, 0.6) is 5.75 Å². The van der Waals surface area contributed by atoms with Crippen LogP contribution in [-0.2, 0) is 4.79 Å². The molecule has 7 heteroatoms. The molecule has 0 bridgehead atoms. The Bertz CT molecular complexity index is 842. The van der Waals surface area contributed by atoms with Crippen LogP contribution in [0.3, 0.4) is 0 Å². The average molecular weight is 355 g/mol. The number of carbonyl (C=O) groups is 1. The van der Waals surface area contributed by atoms with Crippen molar-refractivity contribution in [2.45, 2.75) is 12.1 Å². The van der Waals surface area contributed by atoms with Gasteiger partial charge in [0.15, 0.2) is 5.58 Å². The maximum Gasteiger partial charge on any atom is 0.257 e. The molecule has 6 nitrogen and oxygen atoms in total. The molecule has 0 saturated heterocycles. The van der Waals surface area contributed by atoms with Crippen molar-refractivity contribution in [3.8, 4) is 5.75 Å². The molecule has 0 unspecified atom stereocenters. The van der Waals surface area contributed by atoms with Crippen LogP contribution in [0.2, 0.25) is 0 Å². The molecular weight excluding hydrogens is 338 g/mol. The first kappa shape index (κ1) is 17.0. The van der Waals surface area contributed by atoms with Crippen molar-refractivity contribution in [2.75, 3.05) is 12.4 Å². The normalized spacial score (nSPS) is 11.1. The van der Waals surface area contributed by atoms with Crippen LogP contribution in [0, 0.1) is 0 Å². The van der Waals surface area contributed by atoms with Crippen molar-refractivity contribution in [3.05, 3.63) is 54.1 Å². The quantitative estimate of drug-likeness (QED) is 0.399. The topological polar surface area (TPSA) is 76.7 Å². The molecule has 0 saturated carbocycles. The molecule has 3 aromatic rings. The molecule has 0 fully saturated rings. The van der Waals surface area contributed by atoms with Crippen molar-refractivity contribution in [1.29, 1.82) is 0 Å². The fourth-order valence-electron chi connectivity index (χ4n) is 2.07. The summed E-state index contributed by atoms with van der Waals surface area (Å²) in [6, 6.07) is 14.9. The van der Waals surface area contributed by atoms with Gasteiger partial charge in [-0.25, -0.2) is 10.4 Å². The minimum Gasteiger partial charge on any atom is -0.494 e. The van der Waals surface area contributed by atoms with Crippen LogP contribution in [0.15, 0.2) is 63.3 Å². The Kier molecular flexibility index (Phi) is 5.69. The number of benzene rings is 2. The molecule has 2 aromatic carbocycles. The van der Waals surface area contributed by atoms with E-state index in [2.05, 4.69) is 15.5 Å². The highest BCUT2D eigenvalue weighted by molar-refractivity contribution is 7.99. The Morgan fingerprint density at radius 1 is 1.28 bits per heavy atom. The van der Waals surface area contributed by atoms with Crippen LogP contribution in [0.4, 0.5) is 0 Å². The minimum atomic E-state index is -0.227. The van der Waals surface area contributed by atoms with Gasteiger partial charge >= 0.3 is 0 Å². The number of ether oxygens (including phenoxy) is 1. The lowest BCUT2D eigenvalue weighted by atomic mass is 10.2. The fraction of sp³-hybridized carbons (Fsp3) is 0.167. The zero-order valence-electron chi connectivity index (χ0n) is 13.6. The Balaban J connectivity index is 1.47. The summed E-state index contributed by atoms with van der Waals surface area (Å²) in [6.45, 7) is 2.56. The second-order valence-electron chi connectivity index (χ2n) is 5.03. The number of amides is 1. The van der Waals surface area contributed by atoms with Crippen LogP contribution in [0.1, 0.15) is 12.5 Å². The number of nitrogens with one attached hydrogen (secondary N) is 1. The van der Waals surface area contributed by atoms with E-state index in [0.717, 1.165) is 16.8 Å². The van der Waals surface area contributed by atoms with Gasteiger partial charge in [-0.2, -0.15) is 5.10 Å². The fourth-order valence-corrected chi connectivity index (χ4v) is 2.70. The number of rotatable bonds is 7. The molecule has 25 heavy (non-hydrogen) atoms. The highest BCUT2D eigenvalue weighted by Crippen LogP contribution is 2.22. The van der Waals surface area contributed by atoms with E-state index in [-0.39, 0.29) is 11.7 Å². The van der Waals surface area contributed by atoms with E-state index in [1.54, 1.807) is 6.21 Å². The predicted molar refractivity (Wildman–Crippen MR) is 98.1 cm³/mol. The smallest absolute Gasteiger partial charge is 0.257 e. The van der Waals surface area contributed by atoms with E-state index in [1.165, 1.54) is 11.8 Å². The zero-order valence-corrected chi connectivity index (χ0v) is 14.5. The monoisotopic (exact) mass is 355 g/mol. The summed E-state index contributed by atoms with van der Waals surface area (Å²) in [4.78, 5) is 16.1. The number of hydrogen-bond acceptors (Lipinski definition) is 6. The van der Waals surface area contributed by atoms with Crippen molar-refractivity contribution in [3.63, 3.8) is 0 Å². The molecule has 0 aliphatic heterocycles. The molecule has 0 spiro atoms. The first-order valence-corrected chi connectivity index (χ1v) is 8.76. The van der Waals surface area contributed by atoms with Gasteiger partial charge in [-0.15, -0.1) is 0 Å². The number of thioether (sulfide) groups is 1. The maximum absolute atomic E-state index is 11.8. The highest BCUT2D eigenvalue weighted by Gasteiger charge is 2.08. The van der Waals surface area contributed by atoms with Gasteiger partial charge in [0.1, 0.15) is 11.3 Å². The minimum absolute atomic E-state index is 0.174. The number of carbonyl (C=O) groups excluding carboxylic acids is 1. The summed E-state index contributed by atoms with van der Waals surface area (Å²) in [5.41, 5.74) is 4.84. The largest absolute Gasteiger partial charge is 0.494 e. The predicted octanol–water partition coefficient (Wildman–Crippen LogP) is 3.47. The van der Waals surface area contributed by atoms with Crippen LogP contribution in [0.25, 0.3) is 11.1 Å². The van der Waals surface area contributed by atoms with Gasteiger partial charge < -0.3 is 9.15 Å². The second kappa shape index (κ2) is 8.34. The van der Waals surface area contributed by atoms with E-state index in [9.17, 15) is 4.79 Å². The van der Waals surface area contributed by atoms with Crippen LogP contribution in [-0.4, -0.2) is 29.5 Å². The SMILES string of the molecule is CCOc1ccc(/C=N\NC(=O)CSc2nc3ccccc3o2)cc1. The molecule has 128 valence electrons. The van der Waals surface area contributed by atoms with E-state index < -0.39 is 0 Å². The van der Waals surface area contributed by atoms with Gasteiger partial charge in [-0.1, -0.05) is 23.9 Å². The number of hydrogen-bond donors (Lipinski definition) is 1. The summed E-state index contributed by atoms with van der Waals surface area (Å²) in [6.07, 6.45) is 1.58. The van der Waals surface area contributed by atoms with E-state index in [1.807, 2.05) is 55.5 Å². The van der Waals surface area contributed by atoms with Gasteiger partial charge in [-0.3, -0.25) is 4.79 Å². The lowest BCUT2D eigenvalue weighted by Gasteiger charge is -2.02. The number of para-hydroxylation sites is 2.